The van der Waals surface area contributed by atoms with Crippen LogP contribution in [-0.2, 0) is 18.2 Å². The second-order valence-corrected chi connectivity index (χ2v) is 6.00. The summed E-state index contributed by atoms with van der Waals surface area (Å²) in [5.41, 5.74) is 2.39. The summed E-state index contributed by atoms with van der Waals surface area (Å²) >= 11 is 0. The van der Waals surface area contributed by atoms with E-state index >= 15 is 0 Å². The summed E-state index contributed by atoms with van der Waals surface area (Å²) in [6, 6.07) is 8.88. The third-order valence-electron chi connectivity index (χ3n) is 4.50. The molecule has 0 bridgehead atoms. The number of nitrogens with one attached hydrogen (secondary N) is 1. The fraction of sp³-hybridized carbons (Fsp3) is 0.588. The maximum Gasteiger partial charge on any atom is 0.0718 e. The van der Waals surface area contributed by atoms with Crippen LogP contribution in [0.2, 0.25) is 0 Å². The maximum atomic E-state index is 5.88. The summed E-state index contributed by atoms with van der Waals surface area (Å²) in [6.07, 6.45) is 6.14. The number of hydrogen-bond acceptors (Lipinski definition) is 3. The van der Waals surface area contributed by atoms with Gasteiger partial charge in [-0.05, 0) is 38.8 Å². The van der Waals surface area contributed by atoms with Gasteiger partial charge in [0.05, 0.1) is 17.3 Å². The first-order chi connectivity index (χ1) is 10.3. The molecule has 21 heavy (non-hydrogen) atoms. The summed E-state index contributed by atoms with van der Waals surface area (Å²) in [5.74, 6) is 0. The largest absolute Gasteiger partial charge is 0.378 e. The van der Waals surface area contributed by atoms with Crippen LogP contribution < -0.4 is 5.32 Å². The third-order valence-corrected chi connectivity index (χ3v) is 4.50. The Morgan fingerprint density at radius 3 is 3.00 bits per heavy atom. The zero-order chi connectivity index (χ0) is 14.7. The molecule has 2 heterocycles. The lowest BCUT2D eigenvalue weighted by Gasteiger charge is -2.26. The molecule has 1 aliphatic rings. The monoisotopic (exact) mass is 287 g/mol. The number of benzene rings is 1. The lowest BCUT2D eigenvalue weighted by Crippen LogP contribution is -2.34. The molecule has 2 aromatic rings. The van der Waals surface area contributed by atoms with E-state index < -0.39 is 0 Å². The zero-order valence-corrected chi connectivity index (χ0v) is 13.0. The van der Waals surface area contributed by atoms with Crippen molar-refractivity contribution in [2.24, 2.45) is 7.05 Å². The number of aryl methyl sites for hydroxylation is 1. The van der Waals surface area contributed by atoms with Crippen molar-refractivity contribution >= 4 is 10.9 Å². The molecule has 1 aromatic carbocycles. The Balaban J connectivity index is 1.73. The minimum atomic E-state index is 0.408. The van der Waals surface area contributed by atoms with Gasteiger partial charge in [-0.3, -0.25) is 4.68 Å². The van der Waals surface area contributed by atoms with Gasteiger partial charge in [-0.1, -0.05) is 18.2 Å². The van der Waals surface area contributed by atoms with Gasteiger partial charge in [-0.25, -0.2) is 0 Å². The molecule has 4 heteroatoms. The van der Waals surface area contributed by atoms with Crippen molar-refractivity contribution < 1.29 is 4.74 Å². The molecule has 0 amide bonds. The lowest BCUT2D eigenvalue weighted by molar-refractivity contribution is 0.00565. The van der Waals surface area contributed by atoms with Crippen LogP contribution in [0.3, 0.4) is 0 Å². The van der Waals surface area contributed by atoms with Crippen molar-refractivity contribution in [3.63, 3.8) is 0 Å². The van der Waals surface area contributed by atoms with Gasteiger partial charge in [0.15, 0.2) is 0 Å². The highest BCUT2D eigenvalue weighted by Crippen LogP contribution is 2.22. The molecule has 0 spiro atoms. The van der Waals surface area contributed by atoms with E-state index in [-0.39, 0.29) is 0 Å². The van der Waals surface area contributed by atoms with Gasteiger partial charge in [0.1, 0.15) is 0 Å². The molecule has 2 unspecified atom stereocenters. The van der Waals surface area contributed by atoms with E-state index in [4.69, 9.17) is 9.84 Å². The fourth-order valence-corrected chi connectivity index (χ4v) is 3.29. The Morgan fingerprint density at radius 1 is 1.38 bits per heavy atom. The summed E-state index contributed by atoms with van der Waals surface area (Å²) in [7, 11) is 4.06. The quantitative estimate of drug-likeness (QED) is 0.919. The Kier molecular flexibility index (Phi) is 4.56. The normalized spacial score (nSPS) is 20.8. The van der Waals surface area contributed by atoms with Crippen LogP contribution in [0.15, 0.2) is 24.3 Å². The average molecular weight is 287 g/mol. The highest BCUT2D eigenvalue weighted by molar-refractivity contribution is 5.81. The van der Waals surface area contributed by atoms with Gasteiger partial charge in [0, 0.05) is 31.5 Å². The Labute approximate surface area is 126 Å². The SMILES string of the molecule is CNC(Cc1nn(C)c2ccccc12)CC1CCCCO1. The summed E-state index contributed by atoms with van der Waals surface area (Å²) < 4.78 is 7.86. The van der Waals surface area contributed by atoms with E-state index in [0.29, 0.717) is 12.1 Å². The summed E-state index contributed by atoms with van der Waals surface area (Å²) in [4.78, 5) is 0. The molecule has 1 N–H and O–H groups in total. The van der Waals surface area contributed by atoms with Crippen LogP contribution in [0.4, 0.5) is 0 Å². The molecule has 3 rings (SSSR count). The predicted molar refractivity (Wildman–Crippen MR) is 85.5 cm³/mol. The van der Waals surface area contributed by atoms with Crippen molar-refractivity contribution in [3.8, 4) is 0 Å². The van der Waals surface area contributed by atoms with E-state index in [1.807, 2.05) is 18.8 Å². The molecule has 0 radical (unpaired) electrons. The number of rotatable bonds is 5. The van der Waals surface area contributed by atoms with Gasteiger partial charge in [-0.2, -0.15) is 5.10 Å². The Morgan fingerprint density at radius 2 is 2.24 bits per heavy atom. The minimum absolute atomic E-state index is 0.408. The van der Waals surface area contributed by atoms with Gasteiger partial charge in [-0.15, -0.1) is 0 Å². The first-order valence-corrected chi connectivity index (χ1v) is 7.97. The maximum absolute atomic E-state index is 5.88. The third kappa shape index (κ3) is 3.27. The van der Waals surface area contributed by atoms with Crippen LogP contribution in [-0.4, -0.2) is 35.6 Å². The van der Waals surface area contributed by atoms with Crippen LogP contribution in [0.25, 0.3) is 10.9 Å². The molecule has 2 atom stereocenters. The highest BCUT2D eigenvalue weighted by Gasteiger charge is 2.20. The first-order valence-electron chi connectivity index (χ1n) is 7.97. The van der Waals surface area contributed by atoms with E-state index in [1.54, 1.807) is 0 Å². The van der Waals surface area contributed by atoms with Gasteiger partial charge in [0.25, 0.3) is 0 Å². The average Bonchev–Trinajstić information content (AvgIpc) is 2.84. The topological polar surface area (TPSA) is 39.1 Å². The molecule has 0 aliphatic carbocycles. The molecule has 1 aliphatic heterocycles. The highest BCUT2D eigenvalue weighted by atomic mass is 16.5. The molecule has 1 saturated heterocycles. The predicted octanol–water partition coefficient (Wildman–Crippen LogP) is 2.66. The smallest absolute Gasteiger partial charge is 0.0718 e. The standard InChI is InChI=1S/C17H25N3O/c1-18-13(11-14-7-5-6-10-21-14)12-16-15-8-3-4-9-17(15)20(2)19-16/h3-4,8-9,13-14,18H,5-7,10-12H2,1-2H3. The fourth-order valence-electron chi connectivity index (χ4n) is 3.29. The number of likely N-dealkylation sites (N-methyl/N-ethyl adjacent to an activating group) is 1. The van der Waals surface area contributed by atoms with E-state index in [1.165, 1.54) is 35.9 Å². The minimum Gasteiger partial charge on any atom is -0.378 e. The lowest BCUT2D eigenvalue weighted by atomic mass is 9.98. The van der Waals surface area contributed by atoms with Gasteiger partial charge < -0.3 is 10.1 Å². The number of hydrogen-bond donors (Lipinski definition) is 1. The molecule has 0 saturated carbocycles. The van der Waals surface area contributed by atoms with Crippen LogP contribution in [0, 0.1) is 0 Å². The number of ether oxygens (including phenoxy) is 1. The van der Waals surface area contributed by atoms with Gasteiger partial charge >= 0.3 is 0 Å². The van der Waals surface area contributed by atoms with Crippen molar-refractivity contribution in [1.82, 2.24) is 15.1 Å². The van der Waals surface area contributed by atoms with Crippen molar-refractivity contribution in [1.29, 1.82) is 0 Å². The van der Waals surface area contributed by atoms with E-state index in [0.717, 1.165) is 19.4 Å². The van der Waals surface area contributed by atoms with Crippen molar-refractivity contribution in [3.05, 3.63) is 30.0 Å². The van der Waals surface area contributed by atoms with Crippen LogP contribution in [0.1, 0.15) is 31.4 Å². The first kappa shape index (κ1) is 14.5. The molecule has 114 valence electrons. The molecule has 1 aromatic heterocycles. The molecule has 4 nitrogen and oxygen atoms in total. The number of nitrogens with zero attached hydrogens (tertiary/aromatic N) is 2. The second kappa shape index (κ2) is 6.58. The van der Waals surface area contributed by atoms with Gasteiger partial charge in [0.2, 0.25) is 0 Å². The van der Waals surface area contributed by atoms with Crippen LogP contribution in [0.5, 0.6) is 0 Å². The number of para-hydroxylation sites is 1. The summed E-state index contributed by atoms with van der Waals surface area (Å²) in [6.45, 7) is 0.924. The zero-order valence-electron chi connectivity index (χ0n) is 13.0. The Hall–Kier alpha value is -1.39. The number of fused-ring (bicyclic) bond motifs is 1. The number of aromatic nitrogens is 2. The summed E-state index contributed by atoms with van der Waals surface area (Å²) in [5, 5.41) is 9.42. The molecule has 1 fully saturated rings. The van der Waals surface area contributed by atoms with Crippen LogP contribution >= 0.6 is 0 Å². The second-order valence-electron chi connectivity index (χ2n) is 6.00. The molecular formula is C17H25N3O. The molecular weight excluding hydrogens is 262 g/mol. The van der Waals surface area contributed by atoms with E-state index in [2.05, 4.69) is 29.6 Å². The van der Waals surface area contributed by atoms with Crippen molar-refractivity contribution in [2.75, 3.05) is 13.7 Å². The van der Waals surface area contributed by atoms with E-state index in [9.17, 15) is 0 Å². The van der Waals surface area contributed by atoms with Crippen molar-refractivity contribution in [2.45, 2.75) is 44.2 Å². The Bertz CT molecular complexity index is 587.